The number of amides is 1. The summed E-state index contributed by atoms with van der Waals surface area (Å²) in [6, 6.07) is 6.73. The van der Waals surface area contributed by atoms with Gasteiger partial charge in [0.15, 0.2) is 0 Å². The summed E-state index contributed by atoms with van der Waals surface area (Å²) in [7, 11) is 0. The summed E-state index contributed by atoms with van der Waals surface area (Å²) < 4.78 is 77.3. The number of hydrogen-bond acceptors (Lipinski definition) is 1. The lowest BCUT2D eigenvalue weighted by atomic mass is 10.0. The molecule has 0 heterocycles. The molecule has 0 aliphatic heterocycles. The molecular weight excluding hydrogens is 404 g/mol. The fourth-order valence-corrected chi connectivity index (χ4v) is 2.09. The third kappa shape index (κ3) is 4.50. The first kappa shape index (κ1) is 18.3. The highest BCUT2D eigenvalue weighted by Crippen LogP contribution is 2.36. The maximum absolute atomic E-state index is 12.8. The monoisotopic (exact) mass is 411 g/mol. The molecule has 0 aliphatic rings. The third-order valence-corrected chi connectivity index (χ3v) is 3.48. The molecular formula is C15H8BrF6NO. The van der Waals surface area contributed by atoms with E-state index in [1.165, 1.54) is 12.1 Å². The molecule has 2 aromatic rings. The summed E-state index contributed by atoms with van der Waals surface area (Å²) in [6.45, 7) is 0. The number of hydrogen-bond donors (Lipinski definition) is 1. The molecule has 1 N–H and O–H groups in total. The molecule has 0 saturated heterocycles. The van der Waals surface area contributed by atoms with Gasteiger partial charge in [0.2, 0.25) is 0 Å². The first-order valence-electron chi connectivity index (χ1n) is 6.33. The molecule has 0 aliphatic carbocycles. The van der Waals surface area contributed by atoms with Crippen LogP contribution in [0.3, 0.4) is 0 Å². The second-order valence-electron chi connectivity index (χ2n) is 4.76. The molecule has 1 amide bonds. The Hall–Kier alpha value is -2.03. The molecule has 0 saturated carbocycles. The summed E-state index contributed by atoms with van der Waals surface area (Å²) in [5, 5.41) is 2.25. The molecule has 0 radical (unpaired) electrons. The van der Waals surface area contributed by atoms with Crippen molar-refractivity contribution in [2.75, 3.05) is 5.32 Å². The Morgan fingerprint density at radius 3 is 1.71 bits per heavy atom. The van der Waals surface area contributed by atoms with Crippen LogP contribution in [0.1, 0.15) is 21.5 Å². The van der Waals surface area contributed by atoms with E-state index in [0.717, 1.165) is 0 Å². The van der Waals surface area contributed by atoms with Gasteiger partial charge in [0.25, 0.3) is 5.91 Å². The van der Waals surface area contributed by atoms with Gasteiger partial charge in [-0.3, -0.25) is 4.79 Å². The van der Waals surface area contributed by atoms with E-state index in [-0.39, 0.29) is 11.8 Å². The Morgan fingerprint density at radius 2 is 1.29 bits per heavy atom. The number of carbonyl (C=O) groups excluding carboxylic acids is 1. The van der Waals surface area contributed by atoms with Gasteiger partial charge < -0.3 is 5.32 Å². The predicted molar refractivity (Wildman–Crippen MR) is 78.5 cm³/mol. The van der Waals surface area contributed by atoms with Crippen LogP contribution in [0.5, 0.6) is 0 Å². The van der Waals surface area contributed by atoms with Gasteiger partial charge in [-0.15, -0.1) is 0 Å². The second-order valence-corrected chi connectivity index (χ2v) is 5.67. The van der Waals surface area contributed by atoms with Crippen LogP contribution in [-0.4, -0.2) is 5.91 Å². The number of anilines is 1. The largest absolute Gasteiger partial charge is 0.416 e. The minimum absolute atomic E-state index is 0.0313. The summed E-state index contributed by atoms with van der Waals surface area (Å²) >= 11 is 3.16. The van der Waals surface area contributed by atoms with Crippen LogP contribution in [0.4, 0.5) is 32.0 Å². The highest BCUT2D eigenvalue weighted by atomic mass is 79.9. The van der Waals surface area contributed by atoms with E-state index in [9.17, 15) is 31.1 Å². The minimum Gasteiger partial charge on any atom is -0.322 e. The number of alkyl halides is 6. The van der Waals surface area contributed by atoms with Crippen molar-refractivity contribution < 1.29 is 31.1 Å². The lowest BCUT2D eigenvalue weighted by Gasteiger charge is -2.14. The smallest absolute Gasteiger partial charge is 0.322 e. The normalized spacial score (nSPS) is 12.1. The number of benzene rings is 2. The molecule has 0 unspecified atom stereocenters. The SMILES string of the molecule is O=C(Nc1ccc(Br)cc1)c1cc(C(F)(F)F)cc(C(F)(F)F)c1. The van der Waals surface area contributed by atoms with Crippen molar-refractivity contribution in [1.29, 1.82) is 0 Å². The van der Waals surface area contributed by atoms with Crippen LogP contribution in [0.2, 0.25) is 0 Å². The molecule has 0 aromatic heterocycles. The summed E-state index contributed by atoms with van der Waals surface area (Å²) in [6.07, 6.45) is -10.0. The van der Waals surface area contributed by atoms with Gasteiger partial charge in [-0.1, -0.05) is 15.9 Å². The first-order chi connectivity index (χ1) is 11.0. The highest BCUT2D eigenvalue weighted by Gasteiger charge is 2.37. The number of carbonyl (C=O) groups is 1. The van der Waals surface area contributed by atoms with Crippen LogP contribution in [0, 0.1) is 0 Å². The van der Waals surface area contributed by atoms with Gasteiger partial charge in [0.1, 0.15) is 0 Å². The van der Waals surface area contributed by atoms with E-state index in [0.29, 0.717) is 16.6 Å². The maximum atomic E-state index is 12.8. The zero-order valence-corrected chi connectivity index (χ0v) is 13.2. The third-order valence-electron chi connectivity index (χ3n) is 2.95. The van der Waals surface area contributed by atoms with Gasteiger partial charge in [0.05, 0.1) is 11.1 Å². The molecule has 9 heteroatoms. The van der Waals surface area contributed by atoms with Gasteiger partial charge in [-0.25, -0.2) is 0 Å². The Morgan fingerprint density at radius 1 is 0.833 bits per heavy atom. The van der Waals surface area contributed by atoms with Crippen molar-refractivity contribution in [3.05, 3.63) is 63.6 Å². The zero-order chi connectivity index (χ0) is 18.1. The van der Waals surface area contributed by atoms with Crippen molar-refractivity contribution in [2.24, 2.45) is 0 Å². The zero-order valence-electron chi connectivity index (χ0n) is 11.6. The number of rotatable bonds is 2. The van der Waals surface area contributed by atoms with Crippen molar-refractivity contribution in [3.8, 4) is 0 Å². The molecule has 2 rings (SSSR count). The van der Waals surface area contributed by atoms with E-state index < -0.39 is 35.0 Å². The van der Waals surface area contributed by atoms with Gasteiger partial charge >= 0.3 is 12.4 Å². The average molecular weight is 412 g/mol. The predicted octanol–water partition coefficient (Wildman–Crippen LogP) is 5.74. The Bertz CT molecular complexity index is 720. The fourth-order valence-electron chi connectivity index (χ4n) is 1.82. The average Bonchev–Trinajstić information content (AvgIpc) is 2.47. The number of halogens is 7. The quantitative estimate of drug-likeness (QED) is 0.627. The standard InChI is InChI=1S/C15H8BrF6NO/c16-11-1-3-12(4-2-11)23-13(24)8-5-9(14(17,18)19)7-10(6-8)15(20,21)22/h1-7H,(H,23,24). The lowest BCUT2D eigenvalue weighted by molar-refractivity contribution is -0.143. The Labute approximate surface area is 140 Å². The molecule has 0 atom stereocenters. The molecule has 128 valence electrons. The van der Waals surface area contributed by atoms with Crippen molar-refractivity contribution in [2.45, 2.75) is 12.4 Å². The van der Waals surface area contributed by atoms with Crippen LogP contribution in [0.15, 0.2) is 46.9 Å². The molecule has 2 aromatic carbocycles. The van der Waals surface area contributed by atoms with E-state index >= 15 is 0 Å². The van der Waals surface area contributed by atoms with E-state index in [1.807, 2.05) is 0 Å². The van der Waals surface area contributed by atoms with Crippen molar-refractivity contribution in [1.82, 2.24) is 0 Å². The van der Waals surface area contributed by atoms with Gasteiger partial charge in [0, 0.05) is 15.7 Å². The van der Waals surface area contributed by atoms with Crippen LogP contribution in [-0.2, 0) is 12.4 Å². The second kappa shape index (κ2) is 6.46. The highest BCUT2D eigenvalue weighted by molar-refractivity contribution is 9.10. The molecule has 0 bridgehead atoms. The first-order valence-corrected chi connectivity index (χ1v) is 7.12. The number of nitrogens with one attached hydrogen (secondary N) is 1. The fraction of sp³-hybridized carbons (Fsp3) is 0.133. The van der Waals surface area contributed by atoms with Crippen LogP contribution in [0.25, 0.3) is 0 Å². The summed E-state index contributed by atoms with van der Waals surface area (Å²) in [4.78, 5) is 12.0. The minimum atomic E-state index is -5.01. The van der Waals surface area contributed by atoms with E-state index in [4.69, 9.17) is 0 Å². The van der Waals surface area contributed by atoms with Crippen molar-refractivity contribution in [3.63, 3.8) is 0 Å². The van der Waals surface area contributed by atoms with E-state index in [2.05, 4.69) is 21.2 Å². The van der Waals surface area contributed by atoms with Gasteiger partial charge in [-0.2, -0.15) is 26.3 Å². The summed E-state index contributed by atoms with van der Waals surface area (Å²) in [5.74, 6) is -1.08. The van der Waals surface area contributed by atoms with Crippen LogP contribution < -0.4 is 5.32 Å². The molecule has 0 spiro atoms. The topological polar surface area (TPSA) is 29.1 Å². The van der Waals surface area contributed by atoms with Crippen molar-refractivity contribution >= 4 is 27.5 Å². The molecule has 0 fully saturated rings. The molecule has 24 heavy (non-hydrogen) atoms. The maximum Gasteiger partial charge on any atom is 0.416 e. The van der Waals surface area contributed by atoms with Crippen LogP contribution >= 0.6 is 15.9 Å². The Balaban J connectivity index is 2.40. The summed E-state index contributed by atoms with van der Waals surface area (Å²) in [5.41, 5.74) is -3.59. The van der Waals surface area contributed by atoms with Gasteiger partial charge in [-0.05, 0) is 42.5 Å². The van der Waals surface area contributed by atoms with E-state index in [1.54, 1.807) is 12.1 Å². The Kier molecular flexibility index (Phi) is 4.93. The lowest BCUT2D eigenvalue weighted by Crippen LogP contribution is -2.17. The molecule has 2 nitrogen and oxygen atoms in total.